The van der Waals surface area contributed by atoms with Crippen LogP contribution < -0.4 is 51.4 Å². The summed E-state index contributed by atoms with van der Waals surface area (Å²) in [5.41, 5.74) is 0.893. The van der Waals surface area contributed by atoms with Gasteiger partial charge in [0.25, 0.3) is 0 Å². The second-order valence-electron chi connectivity index (χ2n) is 3.03. The van der Waals surface area contributed by atoms with E-state index in [1.165, 1.54) is 6.20 Å². The van der Waals surface area contributed by atoms with Gasteiger partial charge in [0.05, 0.1) is 18.1 Å². The second kappa shape index (κ2) is 5.70. The molecular weight excluding hydrogens is 306 g/mol. The molecule has 7 heteroatoms. The van der Waals surface area contributed by atoms with Crippen molar-refractivity contribution in [1.82, 2.24) is 9.97 Å². The average molecular weight is 313 g/mol. The Balaban J connectivity index is 0.00000128. The van der Waals surface area contributed by atoms with Gasteiger partial charge in [0.1, 0.15) is 4.60 Å². The summed E-state index contributed by atoms with van der Waals surface area (Å²) in [7, 11) is 0. The number of aromatic nitrogens is 2. The van der Waals surface area contributed by atoms with Crippen LogP contribution in [0.1, 0.15) is 6.99 Å². The molecular formula is C9H7BrFKN2O2. The number of nitrogens with one attached hydrogen (secondary N) is 1. The van der Waals surface area contributed by atoms with E-state index in [1.54, 1.807) is 0 Å². The standard InChI is InChI=1S/C9H6BrFN2O2.K.H/c10-9-8-7(5(11)3-13-9)4(2-12-8)1-6(14)15;;/h2-3,12H,1H2,(H,14,15);;/q;+1;-1. The third-order valence-electron chi connectivity index (χ3n) is 2.04. The summed E-state index contributed by atoms with van der Waals surface area (Å²) in [6.07, 6.45) is 2.33. The van der Waals surface area contributed by atoms with Crippen LogP contribution in [0, 0.1) is 5.82 Å². The van der Waals surface area contributed by atoms with Crippen LogP contribution in [-0.2, 0) is 11.2 Å². The number of rotatable bonds is 2. The molecule has 2 rings (SSSR count). The Morgan fingerprint density at radius 3 is 3.00 bits per heavy atom. The Bertz CT molecular complexity index is 549. The van der Waals surface area contributed by atoms with Crippen LogP contribution in [0.5, 0.6) is 0 Å². The third kappa shape index (κ3) is 2.72. The van der Waals surface area contributed by atoms with Crippen molar-refractivity contribution in [3.63, 3.8) is 0 Å². The molecule has 0 amide bonds. The number of halogens is 2. The number of aromatic amines is 1. The molecule has 0 unspecified atom stereocenters. The molecule has 0 saturated carbocycles. The van der Waals surface area contributed by atoms with Crippen molar-refractivity contribution in [2.75, 3.05) is 0 Å². The first-order valence-corrected chi connectivity index (χ1v) is 4.90. The number of fused-ring (bicyclic) bond motifs is 1. The van der Waals surface area contributed by atoms with Gasteiger partial charge in [0, 0.05) is 11.6 Å². The van der Waals surface area contributed by atoms with Crippen LogP contribution in [-0.4, -0.2) is 21.0 Å². The Hall–Kier alpha value is 0.206. The predicted octanol–water partition coefficient (Wildman–Crippen LogP) is -0.792. The molecule has 4 nitrogen and oxygen atoms in total. The minimum absolute atomic E-state index is 0. The van der Waals surface area contributed by atoms with Gasteiger partial charge in [-0.25, -0.2) is 9.37 Å². The van der Waals surface area contributed by atoms with Crippen LogP contribution in [0.3, 0.4) is 0 Å². The summed E-state index contributed by atoms with van der Waals surface area (Å²) in [6, 6.07) is 0. The Labute approximate surface area is 143 Å². The van der Waals surface area contributed by atoms with E-state index in [2.05, 4.69) is 25.9 Å². The number of H-pyrrole nitrogens is 1. The van der Waals surface area contributed by atoms with Crippen molar-refractivity contribution in [3.05, 3.63) is 28.4 Å². The van der Waals surface area contributed by atoms with Gasteiger partial charge in [-0.05, 0) is 21.5 Å². The topological polar surface area (TPSA) is 66.0 Å². The average Bonchev–Trinajstić information content (AvgIpc) is 2.56. The molecule has 2 heterocycles. The summed E-state index contributed by atoms with van der Waals surface area (Å²) < 4.78 is 13.9. The first-order valence-electron chi connectivity index (χ1n) is 4.11. The van der Waals surface area contributed by atoms with Crippen molar-refractivity contribution in [3.8, 4) is 0 Å². The molecule has 2 aromatic heterocycles. The number of carbonyl (C=O) groups is 1. The first-order chi connectivity index (χ1) is 7.09. The molecule has 0 radical (unpaired) electrons. The fourth-order valence-electron chi connectivity index (χ4n) is 1.44. The summed E-state index contributed by atoms with van der Waals surface area (Å²) in [5.74, 6) is -1.52. The number of hydrogen-bond acceptors (Lipinski definition) is 2. The second-order valence-corrected chi connectivity index (χ2v) is 3.78. The normalized spacial score (nSPS) is 10.1. The van der Waals surface area contributed by atoms with Crippen molar-refractivity contribution in [2.24, 2.45) is 0 Å². The van der Waals surface area contributed by atoms with Crippen LogP contribution >= 0.6 is 15.9 Å². The maximum Gasteiger partial charge on any atom is 1.00 e. The van der Waals surface area contributed by atoms with Gasteiger partial charge >= 0.3 is 57.4 Å². The number of pyridine rings is 1. The van der Waals surface area contributed by atoms with Crippen LogP contribution in [0.15, 0.2) is 17.0 Å². The fourth-order valence-corrected chi connectivity index (χ4v) is 1.86. The van der Waals surface area contributed by atoms with E-state index in [1.807, 2.05) is 0 Å². The molecule has 0 saturated heterocycles. The molecule has 0 bridgehead atoms. The molecule has 0 aliphatic rings. The molecule has 0 spiro atoms. The number of carboxylic acids is 1. The van der Waals surface area contributed by atoms with Crippen molar-refractivity contribution in [1.29, 1.82) is 0 Å². The SMILES string of the molecule is O=C(O)Cc1c[nH]c2c(Br)ncc(F)c12.[H-].[K+]. The largest absolute Gasteiger partial charge is 1.00 e. The molecule has 0 fully saturated rings. The summed E-state index contributed by atoms with van der Waals surface area (Å²) >= 11 is 3.15. The van der Waals surface area contributed by atoms with Gasteiger partial charge in [-0.3, -0.25) is 4.79 Å². The molecule has 80 valence electrons. The minimum atomic E-state index is -0.997. The van der Waals surface area contributed by atoms with Crippen LogP contribution in [0.25, 0.3) is 10.9 Å². The smallest absolute Gasteiger partial charge is 1.00 e. The van der Waals surface area contributed by atoms with E-state index >= 15 is 0 Å². The Morgan fingerprint density at radius 1 is 1.69 bits per heavy atom. The Morgan fingerprint density at radius 2 is 2.38 bits per heavy atom. The zero-order valence-electron chi connectivity index (χ0n) is 9.42. The van der Waals surface area contributed by atoms with E-state index in [0.717, 1.165) is 6.20 Å². The molecule has 2 N–H and O–H groups in total. The van der Waals surface area contributed by atoms with E-state index in [9.17, 15) is 9.18 Å². The number of aliphatic carboxylic acids is 1. The van der Waals surface area contributed by atoms with E-state index in [4.69, 9.17) is 5.11 Å². The first kappa shape index (κ1) is 14.3. The Kier molecular flexibility index (Phi) is 5.08. The monoisotopic (exact) mass is 312 g/mol. The molecule has 16 heavy (non-hydrogen) atoms. The quantitative estimate of drug-likeness (QED) is 0.564. The van der Waals surface area contributed by atoms with Gasteiger partial charge in [-0.2, -0.15) is 0 Å². The van der Waals surface area contributed by atoms with Gasteiger partial charge in [0.15, 0.2) is 5.82 Å². The van der Waals surface area contributed by atoms with Crippen LogP contribution in [0.4, 0.5) is 4.39 Å². The molecule has 0 atom stereocenters. The maximum absolute atomic E-state index is 13.4. The van der Waals surface area contributed by atoms with E-state index in [0.29, 0.717) is 15.7 Å². The molecule has 0 aliphatic carbocycles. The molecule has 0 aliphatic heterocycles. The molecule has 2 aromatic rings. The van der Waals surface area contributed by atoms with Gasteiger partial charge in [-0.1, -0.05) is 0 Å². The number of carboxylic acid groups (broad SMARTS) is 1. The van der Waals surface area contributed by atoms with E-state index < -0.39 is 11.8 Å². The zero-order chi connectivity index (χ0) is 11.0. The van der Waals surface area contributed by atoms with Crippen LogP contribution in [0.2, 0.25) is 0 Å². The minimum Gasteiger partial charge on any atom is -1.00 e. The van der Waals surface area contributed by atoms with Gasteiger partial charge < -0.3 is 11.5 Å². The van der Waals surface area contributed by atoms with E-state index in [-0.39, 0.29) is 64.6 Å². The zero-order valence-corrected chi connectivity index (χ0v) is 13.1. The predicted molar refractivity (Wildman–Crippen MR) is 56.2 cm³/mol. The van der Waals surface area contributed by atoms with Gasteiger partial charge in [0.2, 0.25) is 0 Å². The van der Waals surface area contributed by atoms with Crippen molar-refractivity contribution in [2.45, 2.75) is 6.42 Å². The van der Waals surface area contributed by atoms with Crippen molar-refractivity contribution >= 4 is 32.8 Å². The molecule has 0 aromatic carbocycles. The van der Waals surface area contributed by atoms with Gasteiger partial charge in [-0.15, -0.1) is 0 Å². The summed E-state index contributed by atoms with van der Waals surface area (Å²) in [4.78, 5) is 17.1. The maximum atomic E-state index is 13.4. The third-order valence-corrected chi connectivity index (χ3v) is 2.64. The van der Waals surface area contributed by atoms with Crippen molar-refractivity contribution < 1.29 is 67.1 Å². The fraction of sp³-hybridized carbons (Fsp3) is 0.111. The number of hydrogen-bond donors (Lipinski definition) is 2. The number of nitrogens with zero attached hydrogens (tertiary/aromatic N) is 1. The summed E-state index contributed by atoms with van der Waals surface area (Å²) in [5, 5.41) is 8.92. The summed E-state index contributed by atoms with van der Waals surface area (Å²) in [6.45, 7) is 0.